The molecule has 0 aromatic carbocycles. The highest BCUT2D eigenvalue weighted by atomic mass is 16.3. The largest absolute Gasteiger partial charge is 0.394 e. The average Bonchev–Trinajstić information content (AvgIpc) is 3.36. The van der Waals surface area contributed by atoms with Crippen molar-refractivity contribution in [2.75, 3.05) is 6.61 Å². The zero-order valence-corrected chi connectivity index (χ0v) is 48.2. The molecule has 0 aromatic heterocycles. The minimum absolute atomic E-state index is 0.0593. The summed E-state index contributed by atoms with van der Waals surface area (Å²) in [7, 11) is 0. The van der Waals surface area contributed by atoms with E-state index in [9.17, 15) is 14.7 Å². The molecule has 0 saturated carbocycles. The molecule has 2 N–H and O–H groups in total. The Morgan fingerprint density at radius 3 is 0.814 bits per heavy atom. The highest BCUT2D eigenvalue weighted by Gasteiger charge is 2.11. The lowest BCUT2D eigenvalue weighted by molar-refractivity contribution is -0.122. The summed E-state index contributed by atoms with van der Waals surface area (Å²) in [6, 6.07) is -0.0593. The summed E-state index contributed by atoms with van der Waals surface area (Å²) in [5.74, 6) is 0.648. The zero-order valence-electron chi connectivity index (χ0n) is 48.2. The molecule has 0 spiro atoms. The highest BCUT2D eigenvalue weighted by molar-refractivity contribution is 5.78. The van der Waals surface area contributed by atoms with Crippen LogP contribution in [0.3, 0.4) is 0 Å². The highest BCUT2D eigenvalue weighted by Crippen LogP contribution is 2.19. The number of hydrogen-bond donors (Lipinski definition) is 2. The number of unbranched alkanes of at least 4 members (excludes halogenated alkanes) is 50. The molecule has 0 aliphatic rings. The fraction of sp³-hybridized carbons (Fsp3) is 0.939. The lowest BCUT2D eigenvalue weighted by Crippen LogP contribution is -2.37. The van der Waals surface area contributed by atoms with Crippen LogP contribution < -0.4 is 5.32 Å². The van der Waals surface area contributed by atoms with Gasteiger partial charge < -0.3 is 10.4 Å². The maximum atomic E-state index is 12.4. The summed E-state index contributed by atoms with van der Waals surface area (Å²) < 4.78 is 0. The molecular weight excluding hydrogens is 855 g/mol. The Balaban J connectivity index is 3.28. The topological polar surface area (TPSA) is 66.4 Å². The van der Waals surface area contributed by atoms with Gasteiger partial charge in [0.15, 0.2) is 0 Å². The van der Waals surface area contributed by atoms with Crippen LogP contribution in [0.5, 0.6) is 0 Å². The van der Waals surface area contributed by atoms with Crippen LogP contribution in [0.25, 0.3) is 0 Å². The first-order valence-corrected chi connectivity index (χ1v) is 32.7. The summed E-state index contributed by atoms with van der Waals surface area (Å²) >= 11 is 0. The molecule has 1 atom stereocenters. The fourth-order valence-corrected chi connectivity index (χ4v) is 10.6. The van der Waals surface area contributed by atoms with Gasteiger partial charge in [0.05, 0.1) is 12.6 Å². The number of aliphatic hydroxyl groups excluding tert-OH is 1. The van der Waals surface area contributed by atoms with Gasteiger partial charge in [0.1, 0.15) is 5.78 Å². The molecule has 416 valence electrons. The zero-order chi connectivity index (χ0) is 50.6. The van der Waals surface area contributed by atoms with E-state index in [1.807, 2.05) is 0 Å². The second-order valence-electron chi connectivity index (χ2n) is 22.8. The van der Waals surface area contributed by atoms with Crippen LogP contribution in [0.2, 0.25) is 0 Å². The summed E-state index contributed by atoms with van der Waals surface area (Å²) in [6.07, 6.45) is 80.8. The number of allylic oxidation sites excluding steroid dienone is 2. The lowest BCUT2D eigenvalue weighted by Gasteiger charge is -2.16. The van der Waals surface area contributed by atoms with E-state index in [-0.39, 0.29) is 18.6 Å². The van der Waals surface area contributed by atoms with E-state index in [2.05, 4.69) is 31.3 Å². The standard InChI is InChI=1S/C66H129NO3/c1-3-5-7-9-11-13-15-17-32-36-40-44-48-52-56-60-65(69)61-57-53-49-45-41-37-33-30-28-26-24-22-20-19-21-23-25-27-29-31-34-38-42-46-50-54-58-62-66(70)67-64(63-68)59-55-51-47-43-39-35-18-16-14-12-10-8-6-4-2/h17,32,64,68H,3-16,18-31,33-63H2,1-2H3,(H,67,70)/t64-/m1/s1. The molecule has 4 nitrogen and oxygen atoms in total. The van der Waals surface area contributed by atoms with E-state index < -0.39 is 0 Å². The molecule has 0 heterocycles. The minimum Gasteiger partial charge on any atom is -0.394 e. The van der Waals surface area contributed by atoms with Crippen LogP contribution in [0.4, 0.5) is 0 Å². The van der Waals surface area contributed by atoms with Gasteiger partial charge in [-0.15, -0.1) is 0 Å². The molecule has 0 saturated heterocycles. The normalized spacial score (nSPS) is 12.2. The molecule has 0 unspecified atom stereocenters. The molecule has 1 amide bonds. The summed E-state index contributed by atoms with van der Waals surface area (Å²) in [5.41, 5.74) is 0. The third-order valence-electron chi connectivity index (χ3n) is 15.6. The van der Waals surface area contributed by atoms with E-state index >= 15 is 0 Å². The van der Waals surface area contributed by atoms with Crippen molar-refractivity contribution in [1.82, 2.24) is 5.32 Å². The quantitative estimate of drug-likeness (QED) is 0.0471. The van der Waals surface area contributed by atoms with Gasteiger partial charge in [0.25, 0.3) is 0 Å². The number of Topliss-reactive ketones (excluding diaryl/α,β-unsaturated/α-hetero) is 1. The van der Waals surface area contributed by atoms with E-state index in [1.54, 1.807) is 0 Å². The fourth-order valence-electron chi connectivity index (χ4n) is 10.6. The molecule has 0 fully saturated rings. The Hall–Kier alpha value is -1.16. The summed E-state index contributed by atoms with van der Waals surface area (Å²) in [5, 5.41) is 12.9. The van der Waals surface area contributed by atoms with Gasteiger partial charge in [-0.1, -0.05) is 328 Å². The van der Waals surface area contributed by atoms with Crippen LogP contribution in [0.15, 0.2) is 12.2 Å². The third-order valence-corrected chi connectivity index (χ3v) is 15.6. The van der Waals surface area contributed by atoms with Crippen LogP contribution in [0.1, 0.15) is 386 Å². The Kier molecular flexibility index (Phi) is 61.1. The van der Waals surface area contributed by atoms with Crippen molar-refractivity contribution in [2.45, 2.75) is 392 Å². The van der Waals surface area contributed by atoms with Gasteiger partial charge in [-0.3, -0.25) is 9.59 Å². The van der Waals surface area contributed by atoms with E-state index in [0.717, 1.165) is 51.4 Å². The number of carbonyl (C=O) groups excluding carboxylic acids is 2. The Morgan fingerprint density at radius 1 is 0.314 bits per heavy atom. The molecule has 0 rings (SSSR count). The average molecular weight is 985 g/mol. The first-order chi connectivity index (χ1) is 34.6. The van der Waals surface area contributed by atoms with Crippen LogP contribution in [-0.2, 0) is 9.59 Å². The maximum Gasteiger partial charge on any atom is 0.220 e. The molecule has 4 heteroatoms. The van der Waals surface area contributed by atoms with Gasteiger partial charge in [-0.05, 0) is 51.4 Å². The second-order valence-corrected chi connectivity index (χ2v) is 22.8. The Labute approximate surface area is 440 Å². The smallest absolute Gasteiger partial charge is 0.220 e. The molecule has 0 aliphatic heterocycles. The van der Waals surface area contributed by atoms with Crippen molar-refractivity contribution in [2.24, 2.45) is 0 Å². The number of nitrogens with one attached hydrogen (secondary N) is 1. The molecule has 0 radical (unpaired) electrons. The van der Waals surface area contributed by atoms with Crippen molar-refractivity contribution in [1.29, 1.82) is 0 Å². The molecule has 0 aliphatic carbocycles. The molecule has 70 heavy (non-hydrogen) atoms. The second kappa shape index (κ2) is 62.1. The molecule has 0 bridgehead atoms. The van der Waals surface area contributed by atoms with Crippen LogP contribution >= 0.6 is 0 Å². The number of rotatable bonds is 62. The summed E-state index contributed by atoms with van der Waals surface area (Å²) in [6.45, 7) is 4.64. The number of amides is 1. The lowest BCUT2D eigenvalue weighted by atomic mass is 10.0. The Morgan fingerprint density at radius 2 is 0.543 bits per heavy atom. The van der Waals surface area contributed by atoms with Gasteiger partial charge in [-0.2, -0.15) is 0 Å². The maximum absolute atomic E-state index is 12.4. The van der Waals surface area contributed by atoms with Gasteiger partial charge in [-0.25, -0.2) is 0 Å². The van der Waals surface area contributed by atoms with Gasteiger partial charge in [0.2, 0.25) is 5.91 Å². The number of aliphatic hydroxyl groups is 1. The van der Waals surface area contributed by atoms with Crippen molar-refractivity contribution < 1.29 is 14.7 Å². The third kappa shape index (κ3) is 59.4. The summed E-state index contributed by atoms with van der Waals surface area (Å²) in [4.78, 5) is 24.7. The number of carbonyl (C=O) groups is 2. The van der Waals surface area contributed by atoms with Gasteiger partial charge in [0, 0.05) is 19.3 Å². The van der Waals surface area contributed by atoms with E-state index in [0.29, 0.717) is 12.2 Å². The Bertz CT molecular complexity index is 1020. The van der Waals surface area contributed by atoms with Crippen LogP contribution in [-0.4, -0.2) is 29.4 Å². The van der Waals surface area contributed by atoms with Crippen LogP contribution in [0, 0.1) is 0 Å². The SMILES string of the molecule is CCCCCCCCC=CCCCCCCCC(=O)CCCCCCCCCCCCCCCCCCCCCCCCCCCCCC(=O)N[C@@H](CO)CCCCCCCCCCCCCCCC. The minimum atomic E-state index is -0.0593. The number of ketones is 1. The molecule has 0 aromatic rings. The first-order valence-electron chi connectivity index (χ1n) is 32.7. The predicted octanol–water partition coefficient (Wildman–Crippen LogP) is 22.3. The monoisotopic (exact) mass is 984 g/mol. The first kappa shape index (κ1) is 68.8. The predicted molar refractivity (Wildman–Crippen MR) is 312 cm³/mol. The number of hydrogen-bond acceptors (Lipinski definition) is 3. The van der Waals surface area contributed by atoms with Crippen molar-refractivity contribution in [3.8, 4) is 0 Å². The molecular formula is C66H129NO3. The van der Waals surface area contributed by atoms with E-state index in [4.69, 9.17) is 0 Å². The van der Waals surface area contributed by atoms with Gasteiger partial charge >= 0.3 is 0 Å². The van der Waals surface area contributed by atoms with Crippen molar-refractivity contribution >= 4 is 11.7 Å². The van der Waals surface area contributed by atoms with Crippen molar-refractivity contribution in [3.05, 3.63) is 12.2 Å². The van der Waals surface area contributed by atoms with E-state index in [1.165, 1.54) is 315 Å². The van der Waals surface area contributed by atoms with Crippen molar-refractivity contribution in [3.63, 3.8) is 0 Å².